The van der Waals surface area contributed by atoms with Crippen LogP contribution in [-0.4, -0.2) is 34.9 Å². The van der Waals surface area contributed by atoms with Crippen LogP contribution >= 0.6 is 0 Å². The van der Waals surface area contributed by atoms with Crippen molar-refractivity contribution in [2.24, 2.45) is 0 Å². The molecule has 1 saturated carbocycles. The molecule has 3 aromatic rings. The highest BCUT2D eigenvalue weighted by atomic mass is 16.3. The van der Waals surface area contributed by atoms with Crippen molar-refractivity contribution in [1.82, 2.24) is 29.8 Å². The van der Waals surface area contributed by atoms with Gasteiger partial charge in [0.05, 0.1) is 23.6 Å². The molecule has 1 aliphatic carbocycles. The van der Waals surface area contributed by atoms with Crippen molar-refractivity contribution in [3.63, 3.8) is 0 Å². The first kappa shape index (κ1) is 11.5. The molecule has 0 saturated heterocycles. The third-order valence-electron chi connectivity index (χ3n) is 3.63. The Bertz CT molecular complexity index is 757. The number of aliphatic hydroxyl groups is 1. The fourth-order valence-corrected chi connectivity index (χ4v) is 2.48. The van der Waals surface area contributed by atoms with Crippen molar-refractivity contribution >= 4 is 11.0 Å². The lowest BCUT2D eigenvalue weighted by Gasteiger charge is -2.07. The van der Waals surface area contributed by atoms with Gasteiger partial charge < -0.3 is 9.67 Å². The molecule has 0 atom stereocenters. The summed E-state index contributed by atoms with van der Waals surface area (Å²) in [6.45, 7) is 0.430. The molecule has 1 aliphatic rings. The van der Waals surface area contributed by atoms with E-state index in [1.54, 1.807) is 0 Å². The smallest absolute Gasteiger partial charge is 0.171 e. The number of hydrogen-bond acceptors (Lipinski definition) is 5. The van der Waals surface area contributed by atoms with Gasteiger partial charge in [0.25, 0.3) is 0 Å². The molecule has 102 valence electrons. The molecule has 0 spiro atoms. The van der Waals surface area contributed by atoms with E-state index in [2.05, 4.69) is 20.5 Å². The Balaban J connectivity index is 1.79. The van der Waals surface area contributed by atoms with Gasteiger partial charge in [-0.15, -0.1) is 5.10 Å². The zero-order valence-electron chi connectivity index (χ0n) is 10.8. The van der Waals surface area contributed by atoms with Crippen LogP contribution in [0.2, 0.25) is 0 Å². The Morgan fingerprint density at radius 3 is 2.85 bits per heavy atom. The van der Waals surface area contributed by atoms with Crippen molar-refractivity contribution in [3.8, 4) is 0 Å². The van der Waals surface area contributed by atoms with Gasteiger partial charge in [-0.2, -0.15) is 0 Å². The molecule has 4 rings (SSSR count). The molecule has 20 heavy (non-hydrogen) atoms. The fraction of sp³-hybridized carbons (Fsp3) is 0.385. The van der Waals surface area contributed by atoms with Crippen molar-refractivity contribution in [3.05, 3.63) is 35.9 Å². The van der Waals surface area contributed by atoms with E-state index in [-0.39, 0.29) is 6.61 Å². The van der Waals surface area contributed by atoms with Gasteiger partial charge in [0.1, 0.15) is 12.4 Å². The Morgan fingerprint density at radius 1 is 1.20 bits per heavy atom. The zero-order valence-corrected chi connectivity index (χ0v) is 10.8. The summed E-state index contributed by atoms with van der Waals surface area (Å²) in [5, 5.41) is 21.4. The van der Waals surface area contributed by atoms with Gasteiger partial charge in [-0.3, -0.25) is 0 Å². The number of fused-ring (bicyclic) bond motifs is 1. The molecular formula is C13H14N6O. The summed E-state index contributed by atoms with van der Waals surface area (Å²) >= 11 is 0. The minimum Gasteiger partial charge on any atom is -0.388 e. The minimum absolute atomic E-state index is 0.0975. The van der Waals surface area contributed by atoms with E-state index in [0.29, 0.717) is 18.4 Å². The van der Waals surface area contributed by atoms with Crippen LogP contribution in [0.25, 0.3) is 11.0 Å². The summed E-state index contributed by atoms with van der Waals surface area (Å²) in [6.07, 6.45) is 2.27. The lowest BCUT2D eigenvalue weighted by molar-refractivity contribution is 0.266. The Morgan fingerprint density at radius 2 is 2.05 bits per heavy atom. The highest BCUT2D eigenvalue weighted by Crippen LogP contribution is 2.34. The summed E-state index contributed by atoms with van der Waals surface area (Å²) in [7, 11) is 0. The van der Waals surface area contributed by atoms with Crippen molar-refractivity contribution in [1.29, 1.82) is 0 Å². The largest absolute Gasteiger partial charge is 0.388 e. The van der Waals surface area contributed by atoms with E-state index in [9.17, 15) is 5.11 Å². The standard InChI is InChI=1S/C13H14N6O/c20-8-13-14-10-3-1-2-4-11(10)18(13)7-12-15-16-17-19(12)9-5-6-9/h1-4,9,20H,5-8H2. The number of para-hydroxylation sites is 2. The van der Waals surface area contributed by atoms with Crippen molar-refractivity contribution in [2.45, 2.75) is 32.0 Å². The summed E-state index contributed by atoms with van der Waals surface area (Å²) in [5.74, 6) is 1.45. The predicted molar refractivity (Wildman–Crippen MR) is 70.8 cm³/mol. The molecule has 1 N–H and O–H groups in total. The van der Waals surface area contributed by atoms with E-state index in [4.69, 9.17) is 0 Å². The molecule has 0 radical (unpaired) electrons. The Kier molecular flexibility index (Phi) is 2.53. The fourth-order valence-electron chi connectivity index (χ4n) is 2.48. The van der Waals surface area contributed by atoms with Crippen LogP contribution in [0.15, 0.2) is 24.3 Å². The van der Waals surface area contributed by atoms with Crippen LogP contribution in [0.4, 0.5) is 0 Å². The summed E-state index contributed by atoms with van der Waals surface area (Å²) in [4.78, 5) is 4.44. The van der Waals surface area contributed by atoms with Gasteiger partial charge in [-0.25, -0.2) is 9.67 Å². The highest BCUT2D eigenvalue weighted by molar-refractivity contribution is 5.75. The van der Waals surface area contributed by atoms with Gasteiger partial charge in [-0.1, -0.05) is 12.1 Å². The third-order valence-corrected chi connectivity index (χ3v) is 3.63. The molecule has 0 amide bonds. The first-order chi connectivity index (χ1) is 9.86. The second kappa shape index (κ2) is 4.38. The van der Waals surface area contributed by atoms with Crippen LogP contribution in [0.3, 0.4) is 0 Å². The monoisotopic (exact) mass is 270 g/mol. The summed E-state index contributed by atoms with van der Waals surface area (Å²) < 4.78 is 3.86. The zero-order chi connectivity index (χ0) is 13.5. The van der Waals surface area contributed by atoms with Crippen LogP contribution in [0.1, 0.15) is 30.5 Å². The van der Waals surface area contributed by atoms with Crippen molar-refractivity contribution < 1.29 is 5.11 Å². The number of rotatable bonds is 4. The topological polar surface area (TPSA) is 81.7 Å². The number of hydrogen-bond donors (Lipinski definition) is 1. The van der Waals surface area contributed by atoms with Crippen LogP contribution < -0.4 is 0 Å². The molecule has 1 fully saturated rings. The molecular weight excluding hydrogens is 256 g/mol. The van der Waals surface area contributed by atoms with Gasteiger partial charge >= 0.3 is 0 Å². The molecule has 7 heteroatoms. The first-order valence-electron chi connectivity index (χ1n) is 6.68. The van der Waals surface area contributed by atoms with Gasteiger partial charge in [0, 0.05) is 0 Å². The second-order valence-corrected chi connectivity index (χ2v) is 5.03. The van der Waals surface area contributed by atoms with E-state index in [1.807, 2.05) is 33.5 Å². The van der Waals surface area contributed by atoms with Gasteiger partial charge in [0.15, 0.2) is 5.82 Å². The third kappa shape index (κ3) is 1.78. The molecule has 7 nitrogen and oxygen atoms in total. The number of benzene rings is 1. The predicted octanol–water partition coefficient (Wildman–Crippen LogP) is 0.898. The maximum absolute atomic E-state index is 9.50. The maximum Gasteiger partial charge on any atom is 0.171 e. The lowest BCUT2D eigenvalue weighted by Crippen LogP contribution is -2.11. The number of aliphatic hydroxyl groups excluding tert-OH is 1. The lowest BCUT2D eigenvalue weighted by atomic mass is 10.3. The normalized spacial score (nSPS) is 15.1. The van der Waals surface area contributed by atoms with Crippen LogP contribution in [-0.2, 0) is 13.2 Å². The summed E-state index contributed by atoms with van der Waals surface area (Å²) in [5.41, 5.74) is 1.86. The molecule has 0 unspecified atom stereocenters. The van der Waals surface area contributed by atoms with E-state index >= 15 is 0 Å². The number of nitrogens with zero attached hydrogens (tertiary/aromatic N) is 6. The average Bonchev–Trinajstić information content (AvgIpc) is 3.12. The Labute approximate surface area is 114 Å². The average molecular weight is 270 g/mol. The molecule has 2 aromatic heterocycles. The van der Waals surface area contributed by atoms with E-state index in [1.165, 1.54) is 0 Å². The number of imidazole rings is 1. The SMILES string of the molecule is OCc1nc2ccccc2n1Cc1nnnn1C1CC1. The first-order valence-corrected chi connectivity index (χ1v) is 6.68. The Hall–Kier alpha value is -2.28. The van der Waals surface area contributed by atoms with E-state index in [0.717, 1.165) is 29.7 Å². The molecule has 0 aliphatic heterocycles. The number of tetrazole rings is 1. The highest BCUT2D eigenvalue weighted by Gasteiger charge is 2.28. The van der Waals surface area contributed by atoms with Crippen LogP contribution in [0.5, 0.6) is 0 Å². The van der Waals surface area contributed by atoms with Gasteiger partial charge in [-0.05, 0) is 35.4 Å². The molecule has 0 bridgehead atoms. The van der Waals surface area contributed by atoms with Crippen LogP contribution in [0, 0.1) is 0 Å². The second-order valence-electron chi connectivity index (χ2n) is 5.03. The number of aromatic nitrogens is 6. The van der Waals surface area contributed by atoms with Gasteiger partial charge in [0.2, 0.25) is 0 Å². The van der Waals surface area contributed by atoms with E-state index < -0.39 is 0 Å². The summed E-state index contributed by atoms with van der Waals surface area (Å²) in [6, 6.07) is 8.27. The molecule has 1 aromatic carbocycles. The van der Waals surface area contributed by atoms with Crippen molar-refractivity contribution in [2.75, 3.05) is 0 Å². The minimum atomic E-state index is -0.0975. The molecule has 2 heterocycles. The quantitative estimate of drug-likeness (QED) is 0.761. The maximum atomic E-state index is 9.50.